The molecule has 2 fully saturated rings. The van der Waals surface area contributed by atoms with Gasteiger partial charge < -0.3 is 9.84 Å². The summed E-state index contributed by atoms with van der Waals surface area (Å²) >= 11 is 0. The van der Waals surface area contributed by atoms with Crippen molar-refractivity contribution in [3.05, 3.63) is 54.6 Å². The number of anilines is 1. The number of ether oxygens (including phenoxy) is 1. The van der Waals surface area contributed by atoms with Crippen molar-refractivity contribution in [2.45, 2.75) is 25.3 Å². The maximum absolute atomic E-state index is 12.9. The van der Waals surface area contributed by atoms with Gasteiger partial charge in [0, 0.05) is 0 Å². The van der Waals surface area contributed by atoms with Crippen LogP contribution in [0.1, 0.15) is 19.3 Å². The number of imide groups is 1. The third-order valence-electron chi connectivity index (χ3n) is 5.52. The van der Waals surface area contributed by atoms with Crippen molar-refractivity contribution in [3.63, 3.8) is 0 Å². The van der Waals surface area contributed by atoms with Gasteiger partial charge in [-0.05, 0) is 62.3 Å². The van der Waals surface area contributed by atoms with Crippen LogP contribution in [-0.4, -0.2) is 46.9 Å². The van der Waals surface area contributed by atoms with Gasteiger partial charge in [0.2, 0.25) is 5.91 Å². The third kappa shape index (κ3) is 4.00. The number of likely N-dealkylation sites (tertiary alicyclic amines) is 1. The summed E-state index contributed by atoms with van der Waals surface area (Å²) in [5.41, 5.74) is 0.517. The van der Waals surface area contributed by atoms with Crippen molar-refractivity contribution in [2.24, 2.45) is 5.92 Å². The number of rotatable bonds is 5. The second-order valence-corrected chi connectivity index (χ2v) is 7.34. The number of aliphatic carboxylic acids is 1. The number of amides is 2. The van der Waals surface area contributed by atoms with Gasteiger partial charge in [-0.1, -0.05) is 18.2 Å². The van der Waals surface area contributed by atoms with Gasteiger partial charge in [-0.15, -0.1) is 0 Å². The molecule has 2 aromatic rings. The summed E-state index contributed by atoms with van der Waals surface area (Å²) in [6, 6.07) is 15.7. The van der Waals surface area contributed by atoms with Crippen LogP contribution in [0, 0.1) is 5.92 Å². The topological polar surface area (TPSA) is 87.2 Å². The first-order valence-electron chi connectivity index (χ1n) is 9.69. The number of carboxylic acids is 1. The molecular formula is C22H22N2O5. The highest BCUT2D eigenvalue weighted by Gasteiger charge is 2.43. The van der Waals surface area contributed by atoms with Gasteiger partial charge in [0.25, 0.3) is 5.91 Å². The molecule has 2 aliphatic rings. The molecule has 2 saturated heterocycles. The van der Waals surface area contributed by atoms with E-state index in [1.807, 2.05) is 35.2 Å². The van der Waals surface area contributed by atoms with Gasteiger partial charge in [0.15, 0.2) is 0 Å². The van der Waals surface area contributed by atoms with Crippen molar-refractivity contribution in [3.8, 4) is 11.5 Å². The Kier molecular flexibility index (Phi) is 5.31. The molecule has 2 aliphatic heterocycles. The third-order valence-corrected chi connectivity index (χ3v) is 5.52. The van der Waals surface area contributed by atoms with Crippen LogP contribution < -0.4 is 9.64 Å². The van der Waals surface area contributed by atoms with E-state index in [0.717, 1.165) is 0 Å². The van der Waals surface area contributed by atoms with Gasteiger partial charge in [-0.2, -0.15) is 0 Å². The van der Waals surface area contributed by atoms with E-state index in [2.05, 4.69) is 0 Å². The average molecular weight is 394 g/mol. The average Bonchev–Trinajstić information content (AvgIpc) is 3.03. The molecule has 150 valence electrons. The minimum atomic E-state index is -0.794. The molecule has 7 nitrogen and oxygen atoms in total. The Labute approximate surface area is 168 Å². The number of carboxylic acid groups (broad SMARTS) is 1. The van der Waals surface area contributed by atoms with Crippen molar-refractivity contribution in [1.82, 2.24) is 4.90 Å². The molecule has 29 heavy (non-hydrogen) atoms. The fourth-order valence-electron chi connectivity index (χ4n) is 3.92. The monoisotopic (exact) mass is 394 g/mol. The van der Waals surface area contributed by atoms with Crippen LogP contribution in [0.15, 0.2) is 54.6 Å². The second kappa shape index (κ2) is 8.05. The summed E-state index contributed by atoms with van der Waals surface area (Å²) in [6.45, 7) is 1.02. The van der Waals surface area contributed by atoms with Crippen molar-refractivity contribution < 1.29 is 24.2 Å². The molecule has 0 bridgehead atoms. The number of carbonyl (C=O) groups excluding carboxylic acids is 2. The zero-order valence-corrected chi connectivity index (χ0v) is 15.9. The van der Waals surface area contributed by atoms with Crippen molar-refractivity contribution >= 4 is 23.5 Å². The molecule has 0 saturated carbocycles. The van der Waals surface area contributed by atoms with Gasteiger partial charge in [0.1, 0.15) is 11.5 Å². The Bertz CT molecular complexity index is 905. The highest BCUT2D eigenvalue weighted by atomic mass is 16.5. The smallest absolute Gasteiger partial charge is 0.306 e. The molecular weight excluding hydrogens is 372 g/mol. The molecule has 0 aromatic heterocycles. The van der Waals surface area contributed by atoms with Crippen molar-refractivity contribution in [1.29, 1.82) is 0 Å². The van der Waals surface area contributed by atoms with Crippen LogP contribution in [0.4, 0.5) is 5.69 Å². The lowest BCUT2D eigenvalue weighted by Crippen LogP contribution is -2.46. The zero-order valence-electron chi connectivity index (χ0n) is 15.9. The fraction of sp³-hybridized carbons (Fsp3) is 0.318. The van der Waals surface area contributed by atoms with Crippen LogP contribution in [0.2, 0.25) is 0 Å². The molecule has 7 heteroatoms. The highest BCUT2D eigenvalue weighted by Crippen LogP contribution is 2.30. The molecule has 2 amide bonds. The van der Waals surface area contributed by atoms with Gasteiger partial charge >= 0.3 is 5.97 Å². The predicted molar refractivity (Wildman–Crippen MR) is 106 cm³/mol. The van der Waals surface area contributed by atoms with E-state index in [-0.39, 0.29) is 24.2 Å². The molecule has 2 aromatic carbocycles. The summed E-state index contributed by atoms with van der Waals surface area (Å²) in [5.74, 6) is -0.327. The lowest BCUT2D eigenvalue weighted by molar-refractivity contribution is -0.143. The van der Waals surface area contributed by atoms with E-state index in [1.54, 1.807) is 24.3 Å². The lowest BCUT2D eigenvalue weighted by atomic mass is 9.96. The molecule has 1 atom stereocenters. The predicted octanol–water partition coefficient (Wildman–Crippen LogP) is 2.91. The molecule has 1 N–H and O–H groups in total. The summed E-state index contributed by atoms with van der Waals surface area (Å²) in [4.78, 5) is 39.7. The Morgan fingerprint density at radius 1 is 0.931 bits per heavy atom. The Balaban J connectivity index is 1.43. The van der Waals surface area contributed by atoms with E-state index < -0.39 is 12.0 Å². The number of nitrogens with zero attached hydrogens (tertiary/aromatic N) is 2. The number of hydrogen-bond donors (Lipinski definition) is 1. The van der Waals surface area contributed by atoms with Crippen LogP contribution in [0.25, 0.3) is 0 Å². The summed E-state index contributed by atoms with van der Waals surface area (Å²) in [5, 5.41) is 9.13. The lowest BCUT2D eigenvalue weighted by Gasteiger charge is -2.33. The highest BCUT2D eigenvalue weighted by molar-refractivity contribution is 6.22. The molecule has 0 spiro atoms. The van der Waals surface area contributed by atoms with E-state index >= 15 is 0 Å². The summed E-state index contributed by atoms with van der Waals surface area (Å²) in [6.07, 6.45) is 1.12. The van der Waals surface area contributed by atoms with Crippen LogP contribution >= 0.6 is 0 Å². The summed E-state index contributed by atoms with van der Waals surface area (Å²) < 4.78 is 5.75. The van der Waals surface area contributed by atoms with E-state index in [9.17, 15) is 14.4 Å². The SMILES string of the molecule is O=C(O)C1CCN([C@@H]2CC(=O)N(c3ccc(Oc4ccccc4)cc3)C2=O)CC1. The molecule has 0 aliphatic carbocycles. The largest absolute Gasteiger partial charge is 0.481 e. The molecule has 0 unspecified atom stereocenters. The van der Waals surface area contributed by atoms with Gasteiger partial charge in [0.05, 0.1) is 24.1 Å². The number of carbonyl (C=O) groups is 3. The first-order valence-corrected chi connectivity index (χ1v) is 9.69. The molecule has 2 heterocycles. The molecule has 0 radical (unpaired) electrons. The van der Waals surface area contributed by atoms with Crippen LogP contribution in [0.5, 0.6) is 11.5 Å². The standard InChI is InChI=1S/C22H22N2O5/c25-20-14-19(23-12-10-15(11-13-23)22(27)28)21(26)24(20)16-6-8-18(9-7-16)29-17-4-2-1-3-5-17/h1-9,15,19H,10-14H2,(H,27,28)/t19-/m1/s1. The Morgan fingerprint density at radius 2 is 1.55 bits per heavy atom. The van der Waals surface area contributed by atoms with Crippen LogP contribution in [-0.2, 0) is 14.4 Å². The number of benzene rings is 2. The van der Waals surface area contributed by atoms with Crippen LogP contribution in [0.3, 0.4) is 0 Å². The van der Waals surface area contributed by atoms with Gasteiger partial charge in [-0.25, -0.2) is 4.90 Å². The van der Waals surface area contributed by atoms with Crippen molar-refractivity contribution in [2.75, 3.05) is 18.0 Å². The summed E-state index contributed by atoms with van der Waals surface area (Å²) in [7, 11) is 0. The maximum Gasteiger partial charge on any atom is 0.306 e. The second-order valence-electron chi connectivity index (χ2n) is 7.34. The number of hydrogen-bond acceptors (Lipinski definition) is 5. The van der Waals surface area contributed by atoms with E-state index in [4.69, 9.17) is 9.84 Å². The minimum Gasteiger partial charge on any atom is -0.481 e. The van der Waals surface area contributed by atoms with E-state index in [1.165, 1.54) is 4.90 Å². The fourth-order valence-corrected chi connectivity index (χ4v) is 3.92. The number of piperidine rings is 1. The first kappa shape index (κ1) is 19.1. The van der Waals surface area contributed by atoms with Gasteiger partial charge in [-0.3, -0.25) is 19.3 Å². The van der Waals surface area contributed by atoms with E-state index in [0.29, 0.717) is 43.1 Å². The Morgan fingerprint density at radius 3 is 2.17 bits per heavy atom. The normalized spacial score (nSPS) is 20.8. The molecule has 4 rings (SSSR count). The first-order chi connectivity index (χ1) is 14.0. The quantitative estimate of drug-likeness (QED) is 0.785. The zero-order chi connectivity index (χ0) is 20.4. The maximum atomic E-state index is 12.9. The number of para-hydroxylation sites is 1. The Hall–Kier alpha value is -3.19. The minimum absolute atomic E-state index is 0.124.